The number of amides is 2. The minimum atomic E-state index is -0.696. The number of rotatable bonds is 7. The second-order valence-electron chi connectivity index (χ2n) is 6.76. The third-order valence-corrected chi connectivity index (χ3v) is 4.88. The predicted molar refractivity (Wildman–Crippen MR) is 120 cm³/mol. The van der Waals surface area contributed by atoms with Gasteiger partial charge >= 0.3 is 0 Å². The lowest BCUT2D eigenvalue weighted by Crippen LogP contribution is -2.30. The van der Waals surface area contributed by atoms with Crippen LogP contribution in [-0.2, 0) is 11.2 Å². The van der Waals surface area contributed by atoms with E-state index in [1.807, 2.05) is 24.3 Å². The molecule has 2 N–H and O–H groups in total. The van der Waals surface area contributed by atoms with Crippen molar-refractivity contribution in [3.8, 4) is 5.75 Å². The molecule has 0 radical (unpaired) electrons. The van der Waals surface area contributed by atoms with Crippen LogP contribution >= 0.6 is 11.6 Å². The van der Waals surface area contributed by atoms with Crippen molar-refractivity contribution in [2.24, 2.45) is 0 Å². The molecule has 0 saturated heterocycles. The molecule has 0 aromatic heterocycles. The standard InChI is InChI=1S/C24H23ClN2O3/c1-3-17-8-12-19(13-9-17)26-23(28)16(2)30-20-14-10-18(11-15-20)24(29)27-22-7-5-4-6-21(22)25/h4-16H,3H2,1-2H3,(H,26,28)(H,27,29)/t16-/m0/s1. The third kappa shape index (κ3) is 5.61. The first-order chi connectivity index (χ1) is 14.5. The molecule has 1 atom stereocenters. The van der Waals surface area contributed by atoms with E-state index in [1.54, 1.807) is 55.5 Å². The Morgan fingerprint density at radius 1 is 0.933 bits per heavy atom. The number of ether oxygens (including phenoxy) is 1. The average Bonchev–Trinajstić information content (AvgIpc) is 2.76. The van der Waals surface area contributed by atoms with Gasteiger partial charge in [-0.1, -0.05) is 42.8 Å². The van der Waals surface area contributed by atoms with Gasteiger partial charge in [0.25, 0.3) is 11.8 Å². The van der Waals surface area contributed by atoms with Gasteiger partial charge in [-0.15, -0.1) is 0 Å². The van der Waals surface area contributed by atoms with Crippen molar-refractivity contribution in [1.29, 1.82) is 0 Å². The Hall–Kier alpha value is -3.31. The maximum atomic E-state index is 12.4. The van der Waals surface area contributed by atoms with Crippen molar-refractivity contribution >= 4 is 34.8 Å². The Labute approximate surface area is 181 Å². The molecule has 30 heavy (non-hydrogen) atoms. The van der Waals surface area contributed by atoms with Crippen molar-refractivity contribution in [1.82, 2.24) is 0 Å². The number of hydrogen-bond donors (Lipinski definition) is 2. The Kier molecular flexibility index (Phi) is 7.09. The summed E-state index contributed by atoms with van der Waals surface area (Å²) >= 11 is 6.07. The SMILES string of the molecule is CCc1ccc(NC(=O)[C@H](C)Oc2ccc(C(=O)Nc3ccccc3Cl)cc2)cc1. The molecule has 3 aromatic carbocycles. The minimum Gasteiger partial charge on any atom is -0.481 e. The van der Waals surface area contributed by atoms with Gasteiger partial charge in [-0.2, -0.15) is 0 Å². The lowest BCUT2D eigenvalue weighted by Gasteiger charge is -2.15. The van der Waals surface area contributed by atoms with Crippen molar-refractivity contribution in [3.63, 3.8) is 0 Å². The lowest BCUT2D eigenvalue weighted by atomic mass is 10.1. The summed E-state index contributed by atoms with van der Waals surface area (Å²) in [6, 6.07) is 21.3. The zero-order valence-corrected chi connectivity index (χ0v) is 17.6. The molecule has 154 valence electrons. The molecule has 0 saturated carbocycles. The fourth-order valence-corrected chi connectivity index (χ4v) is 2.95. The van der Waals surface area contributed by atoms with Crippen molar-refractivity contribution in [2.75, 3.05) is 10.6 Å². The van der Waals surface area contributed by atoms with E-state index in [-0.39, 0.29) is 11.8 Å². The highest BCUT2D eigenvalue weighted by molar-refractivity contribution is 6.33. The lowest BCUT2D eigenvalue weighted by molar-refractivity contribution is -0.122. The molecule has 0 aliphatic rings. The number of anilines is 2. The normalized spacial score (nSPS) is 11.4. The Balaban J connectivity index is 1.56. The van der Waals surface area contributed by atoms with E-state index in [4.69, 9.17) is 16.3 Å². The van der Waals surface area contributed by atoms with E-state index in [0.29, 0.717) is 22.0 Å². The third-order valence-electron chi connectivity index (χ3n) is 4.55. The first-order valence-electron chi connectivity index (χ1n) is 9.68. The number of carbonyl (C=O) groups excluding carboxylic acids is 2. The summed E-state index contributed by atoms with van der Waals surface area (Å²) in [4.78, 5) is 24.8. The fraction of sp³-hybridized carbons (Fsp3) is 0.167. The van der Waals surface area contributed by atoms with Gasteiger partial charge in [-0.3, -0.25) is 9.59 Å². The van der Waals surface area contributed by atoms with Crippen molar-refractivity contribution in [3.05, 3.63) is 88.9 Å². The highest BCUT2D eigenvalue weighted by Crippen LogP contribution is 2.22. The highest BCUT2D eigenvalue weighted by Gasteiger charge is 2.15. The van der Waals surface area contributed by atoms with Crippen LogP contribution in [0.2, 0.25) is 5.02 Å². The Morgan fingerprint density at radius 2 is 1.60 bits per heavy atom. The topological polar surface area (TPSA) is 67.4 Å². The van der Waals surface area contributed by atoms with Gasteiger partial charge in [0.1, 0.15) is 5.75 Å². The number of nitrogens with one attached hydrogen (secondary N) is 2. The smallest absolute Gasteiger partial charge is 0.265 e. The number of hydrogen-bond acceptors (Lipinski definition) is 3. The molecule has 6 heteroatoms. The molecular formula is C24H23ClN2O3. The maximum Gasteiger partial charge on any atom is 0.265 e. The largest absolute Gasteiger partial charge is 0.481 e. The molecule has 0 bridgehead atoms. The van der Waals surface area contributed by atoms with E-state index < -0.39 is 6.10 Å². The molecule has 0 aliphatic heterocycles. The minimum absolute atomic E-state index is 0.250. The molecule has 3 aromatic rings. The molecule has 0 unspecified atom stereocenters. The first kappa shape index (κ1) is 21.4. The van der Waals surface area contributed by atoms with E-state index in [1.165, 1.54) is 5.56 Å². The first-order valence-corrected chi connectivity index (χ1v) is 10.1. The second kappa shape index (κ2) is 9.94. The predicted octanol–water partition coefficient (Wildman–Crippen LogP) is 5.56. The summed E-state index contributed by atoms with van der Waals surface area (Å²) in [5.41, 5.74) is 2.92. The molecule has 0 heterocycles. The summed E-state index contributed by atoms with van der Waals surface area (Å²) in [5, 5.41) is 6.07. The summed E-state index contributed by atoms with van der Waals surface area (Å²) in [6.45, 7) is 3.75. The van der Waals surface area contributed by atoms with Crippen molar-refractivity contribution < 1.29 is 14.3 Å². The zero-order chi connectivity index (χ0) is 21.5. The van der Waals surface area contributed by atoms with E-state index in [0.717, 1.165) is 12.1 Å². The number of benzene rings is 3. The number of halogens is 1. The summed E-state index contributed by atoms with van der Waals surface area (Å²) in [6.07, 6.45) is 0.249. The number of para-hydroxylation sites is 1. The van der Waals surface area contributed by atoms with Crippen LogP contribution in [0.15, 0.2) is 72.8 Å². The van der Waals surface area contributed by atoms with Gasteiger partial charge in [0.2, 0.25) is 0 Å². The van der Waals surface area contributed by atoms with Crippen LogP contribution in [0.1, 0.15) is 29.8 Å². The Bertz CT molecular complexity index is 1020. The fourth-order valence-electron chi connectivity index (χ4n) is 2.77. The van der Waals surface area contributed by atoms with E-state index in [2.05, 4.69) is 17.6 Å². The van der Waals surface area contributed by atoms with Gasteiger partial charge in [0, 0.05) is 11.3 Å². The van der Waals surface area contributed by atoms with E-state index >= 15 is 0 Å². The number of carbonyl (C=O) groups is 2. The van der Waals surface area contributed by atoms with Gasteiger partial charge < -0.3 is 15.4 Å². The molecule has 0 spiro atoms. The summed E-state index contributed by atoms with van der Waals surface area (Å²) in [5.74, 6) is -0.0379. The quantitative estimate of drug-likeness (QED) is 0.523. The van der Waals surface area contributed by atoms with Gasteiger partial charge in [-0.05, 0) is 67.4 Å². The van der Waals surface area contributed by atoms with Gasteiger partial charge in [0.15, 0.2) is 6.10 Å². The Morgan fingerprint density at radius 3 is 2.23 bits per heavy atom. The number of aryl methyl sites for hydroxylation is 1. The summed E-state index contributed by atoms with van der Waals surface area (Å²) < 4.78 is 5.70. The maximum absolute atomic E-state index is 12.4. The van der Waals surface area contributed by atoms with Crippen LogP contribution in [0.4, 0.5) is 11.4 Å². The van der Waals surface area contributed by atoms with Crippen molar-refractivity contribution in [2.45, 2.75) is 26.4 Å². The monoisotopic (exact) mass is 422 g/mol. The van der Waals surface area contributed by atoms with E-state index in [9.17, 15) is 9.59 Å². The zero-order valence-electron chi connectivity index (χ0n) is 16.8. The van der Waals surface area contributed by atoms with Crippen LogP contribution in [-0.4, -0.2) is 17.9 Å². The van der Waals surface area contributed by atoms with Crippen LogP contribution in [0.5, 0.6) is 5.75 Å². The van der Waals surface area contributed by atoms with Crippen LogP contribution in [0.25, 0.3) is 0 Å². The van der Waals surface area contributed by atoms with Gasteiger partial charge in [-0.25, -0.2) is 0 Å². The van der Waals surface area contributed by atoms with Crippen LogP contribution in [0, 0.1) is 0 Å². The molecule has 3 rings (SSSR count). The van der Waals surface area contributed by atoms with Crippen LogP contribution < -0.4 is 15.4 Å². The molecule has 5 nitrogen and oxygen atoms in total. The molecule has 0 aliphatic carbocycles. The summed E-state index contributed by atoms with van der Waals surface area (Å²) in [7, 11) is 0. The van der Waals surface area contributed by atoms with Crippen LogP contribution in [0.3, 0.4) is 0 Å². The molecular weight excluding hydrogens is 400 g/mol. The molecule has 0 fully saturated rings. The average molecular weight is 423 g/mol. The highest BCUT2D eigenvalue weighted by atomic mass is 35.5. The molecule has 2 amide bonds. The second-order valence-corrected chi connectivity index (χ2v) is 7.17. The van der Waals surface area contributed by atoms with Gasteiger partial charge in [0.05, 0.1) is 10.7 Å².